The van der Waals surface area contributed by atoms with Gasteiger partial charge in [0.05, 0.1) is 5.56 Å². The van der Waals surface area contributed by atoms with Crippen LogP contribution in [0.15, 0.2) is 60.7 Å². The highest BCUT2D eigenvalue weighted by Crippen LogP contribution is 2.37. The van der Waals surface area contributed by atoms with Gasteiger partial charge in [0, 0.05) is 11.1 Å². The summed E-state index contributed by atoms with van der Waals surface area (Å²) in [5, 5.41) is 24.7. The summed E-state index contributed by atoms with van der Waals surface area (Å²) >= 11 is 0. The fourth-order valence-corrected chi connectivity index (χ4v) is 3.81. The number of nitrogens with zero attached hydrogens (tertiary/aromatic N) is 3. The van der Waals surface area contributed by atoms with E-state index in [4.69, 9.17) is 4.74 Å². The Bertz CT molecular complexity index is 1250. The molecule has 0 aliphatic heterocycles. The molecule has 7 nitrogen and oxygen atoms in total. The van der Waals surface area contributed by atoms with Crippen molar-refractivity contribution in [2.45, 2.75) is 39.7 Å². The summed E-state index contributed by atoms with van der Waals surface area (Å²) in [5.74, 6) is 1.03. The predicted octanol–water partition coefficient (Wildman–Crippen LogP) is 5.07. The highest BCUT2D eigenvalue weighted by Gasteiger charge is 2.19. The summed E-state index contributed by atoms with van der Waals surface area (Å²) in [6.45, 7) is 5.75. The van der Waals surface area contributed by atoms with Gasteiger partial charge >= 0.3 is 0 Å². The molecule has 0 aliphatic rings. The molecule has 0 saturated carbocycles. The Morgan fingerprint density at radius 2 is 1.79 bits per heavy atom. The number of rotatable bonds is 8. The molecule has 0 radical (unpaired) electrons. The van der Waals surface area contributed by atoms with E-state index in [1.165, 1.54) is 12.5 Å². The second-order valence-corrected chi connectivity index (χ2v) is 8.30. The van der Waals surface area contributed by atoms with Crippen molar-refractivity contribution in [2.75, 3.05) is 0 Å². The molecule has 0 fully saturated rings. The molecule has 2 N–H and O–H groups in total. The van der Waals surface area contributed by atoms with E-state index in [-0.39, 0.29) is 17.5 Å². The molecule has 4 rings (SSSR count). The molecule has 1 aromatic heterocycles. The van der Waals surface area contributed by atoms with Crippen LogP contribution >= 0.6 is 0 Å². The van der Waals surface area contributed by atoms with Crippen LogP contribution in [0.2, 0.25) is 0 Å². The lowest BCUT2D eigenvalue weighted by Crippen LogP contribution is -2.03. The van der Waals surface area contributed by atoms with Crippen LogP contribution < -0.4 is 4.74 Å². The van der Waals surface area contributed by atoms with E-state index in [0.717, 1.165) is 23.1 Å². The molecule has 1 heterocycles. The molecular weight excluding hydrogens is 416 g/mol. The Labute approximate surface area is 192 Å². The number of phenolic OH excluding ortho intramolecular Hbond substituents is 1. The van der Waals surface area contributed by atoms with Gasteiger partial charge in [0.15, 0.2) is 5.78 Å². The lowest BCUT2D eigenvalue weighted by Gasteiger charge is -2.17. The van der Waals surface area contributed by atoms with Crippen LogP contribution in [-0.2, 0) is 13.0 Å². The molecule has 0 saturated heterocycles. The lowest BCUT2D eigenvalue weighted by molar-refractivity contribution is 0.101. The third-order valence-corrected chi connectivity index (χ3v) is 5.49. The number of ketones is 1. The van der Waals surface area contributed by atoms with Gasteiger partial charge in [-0.15, -0.1) is 10.2 Å². The van der Waals surface area contributed by atoms with Gasteiger partial charge in [-0.2, -0.15) is 5.21 Å². The molecule has 0 bridgehead atoms. The van der Waals surface area contributed by atoms with Gasteiger partial charge in [0.2, 0.25) is 5.82 Å². The molecule has 0 spiro atoms. The Kier molecular flexibility index (Phi) is 6.49. The van der Waals surface area contributed by atoms with Crippen LogP contribution in [0.25, 0.3) is 11.4 Å². The first-order valence-electron chi connectivity index (χ1n) is 10.8. The van der Waals surface area contributed by atoms with Gasteiger partial charge < -0.3 is 9.84 Å². The third kappa shape index (κ3) is 5.09. The minimum atomic E-state index is -0.167. The zero-order valence-electron chi connectivity index (χ0n) is 18.9. The van der Waals surface area contributed by atoms with Crippen molar-refractivity contribution < 1.29 is 14.6 Å². The highest BCUT2D eigenvalue weighted by molar-refractivity contribution is 5.97. The van der Waals surface area contributed by atoms with Crippen molar-refractivity contribution in [1.29, 1.82) is 0 Å². The molecule has 3 aromatic carbocycles. The minimum absolute atomic E-state index is 0.00778. The van der Waals surface area contributed by atoms with Gasteiger partial charge in [-0.1, -0.05) is 56.3 Å². The number of benzene rings is 3. The Morgan fingerprint density at radius 3 is 2.45 bits per heavy atom. The van der Waals surface area contributed by atoms with E-state index >= 15 is 0 Å². The summed E-state index contributed by atoms with van der Waals surface area (Å²) in [5.41, 5.74) is 5.24. The summed E-state index contributed by atoms with van der Waals surface area (Å²) in [6.07, 6.45) is 0.782. The zero-order valence-corrected chi connectivity index (χ0v) is 18.9. The molecule has 0 unspecified atom stereocenters. The smallest absolute Gasteiger partial charge is 0.204 e. The summed E-state index contributed by atoms with van der Waals surface area (Å²) in [6, 6.07) is 19.7. The van der Waals surface area contributed by atoms with Crippen LogP contribution in [0.4, 0.5) is 0 Å². The molecule has 33 heavy (non-hydrogen) atoms. The number of nitrogens with one attached hydrogen (secondary N) is 1. The van der Waals surface area contributed by atoms with E-state index in [1.807, 2.05) is 38.1 Å². The van der Waals surface area contributed by atoms with Gasteiger partial charge in [0.25, 0.3) is 0 Å². The molecule has 0 amide bonds. The van der Waals surface area contributed by atoms with Crippen LogP contribution in [0, 0.1) is 0 Å². The summed E-state index contributed by atoms with van der Waals surface area (Å²) in [7, 11) is 0. The average molecular weight is 443 g/mol. The third-order valence-electron chi connectivity index (χ3n) is 5.49. The summed E-state index contributed by atoms with van der Waals surface area (Å²) in [4.78, 5) is 11.8. The molecular formula is C26H26N4O3. The lowest BCUT2D eigenvalue weighted by atomic mass is 9.96. The van der Waals surface area contributed by atoms with E-state index in [9.17, 15) is 9.90 Å². The number of tetrazole rings is 1. The number of H-pyrrole nitrogens is 1. The normalized spacial score (nSPS) is 11.0. The number of phenols is 1. The second-order valence-electron chi connectivity index (χ2n) is 8.30. The molecule has 4 aromatic rings. The fraction of sp³-hybridized carbons (Fsp3) is 0.231. The quantitative estimate of drug-likeness (QED) is 0.370. The second kappa shape index (κ2) is 9.65. The zero-order chi connectivity index (χ0) is 23.4. The van der Waals surface area contributed by atoms with Crippen LogP contribution in [0.5, 0.6) is 11.5 Å². The number of hydrogen-bond donors (Lipinski definition) is 2. The number of aromatic hydroxyl groups is 1. The molecule has 0 atom stereocenters. The number of hydrogen-bond acceptors (Lipinski definition) is 6. The fourth-order valence-electron chi connectivity index (χ4n) is 3.81. The van der Waals surface area contributed by atoms with E-state index in [0.29, 0.717) is 29.3 Å². The number of ether oxygens (including phenoxy) is 1. The Morgan fingerprint density at radius 1 is 1.03 bits per heavy atom. The van der Waals surface area contributed by atoms with Gasteiger partial charge in [-0.25, -0.2) is 0 Å². The largest absolute Gasteiger partial charge is 0.507 e. The maximum absolute atomic E-state index is 11.8. The van der Waals surface area contributed by atoms with E-state index in [1.54, 1.807) is 12.1 Å². The maximum atomic E-state index is 11.8. The number of carbonyl (C=O) groups is 1. The van der Waals surface area contributed by atoms with E-state index < -0.39 is 0 Å². The van der Waals surface area contributed by atoms with Crippen LogP contribution in [0.3, 0.4) is 0 Å². The SMILES string of the molecule is CC(=O)c1ccc(OCc2ccc(Cc3cccc(-c4nn[nH]n4)c3)cc2)c(C(C)C)c1O. The standard InChI is InChI=1S/C26H26N4O3/c1-16(2)24-23(12-11-22(17(3)31)25(24)32)33-15-19-9-7-18(8-10-19)13-20-5-4-6-21(14-20)26-27-29-30-28-26/h4-12,14,16,32H,13,15H2,1-3H3,(H,27,28,29,30). The highest BCUT2D eigenvalue weighted by atomic mass is 16.5. The van der Waals surface area contributed by atoms with Gasteiger partial charge in [-0.05, 0) is 59.4 Å². The maximum Gasteiger partial charge on any atom is 0.204 e. The average Bonchev–Trinajstić information content (AvgIpc) is 3.33. The molecule has 0 aliphatic carbocycles. The van der Waals surface area contributed by atoms with Crippen molar-refractivity contribution in [3.63, 3.8) is 0 Å². The summed E-state index contributed by atoms with van der Waals surface area (Å²) < 4.78 is 6.02. The van der Waals surface area contributed by atoms with Crippen molar-refractivity contribution in [3.8, 4) is 22.9 Å². The van der Waals surface area contributed by atoms with E-state index in [2.05, 4.69) is 44.9 Å². The molecule has 7 heteroatoms. The first kappa shape index (κ1) is 22.2. The number of aromatic amines is 1. The van der Waals surface area contributed by atoms with Gasteiger partial charge in [0.1, 0.15) is 18.1 Å². The number of Topliss-reactive ketones (excluding diaryl/α,β-unsaturated/α-hetero) is 1. The number of aromatic nitrogens is 4. The minimum Gasteiger partial charge on any atom is -0.507 e. The predicted molar refractivity (Wildman–Crippen MR) is 125 cm³/mol. The first-order valence-corrected chi connectivity index (χ1v) is 10.8. The monoisotopic (exact) mass is 442 g/mol. The first-order chi connectivity index (χ1) is 15.9. The molecule has 168 valence electrons. The van der Waals surface area contributed by atoms with Crippen LogP contribution in [-0.4, -0.2) is 31.5 Å². The van der Waals surface area contributed by atoms with Crippen molar-refractivity contribution in [3.05, 3.63) is 88.5 Å². The topological polar surface area (TPSA) is 101 Å². The van der Waals surface area contributed by atoms with Crippen molar-refractivity contribution in [1.82, 2.24) is 20.6 Å². The van der Waals surface area contributed by atoms with Gasteiger partial charge in [-0.3, -0.25) is 4.79 Å². The van der Waals surface area contributed by atoms with Crippen molar-refractivity contribution in [2.24, 2.45) is 0 Å². The Hall–Kier alpha value is -4.00. The van der Waals surface area contributed by atoms with Crippen molar-refractivity contribution >= 4 is 5.78 Å². The van der Waals surface area contributed by atoms with Crippen LogP contribution in [0.1, 0.15) is 59.3 Å². The number of carbonyl (C=O) groups excluding carboxylic acids is 1. The Balaban J connectivity index is 1.44.